The van der Waals surface area contributed by atoms with Crippen LogP contribution in [-0.2, 0) is 4.79 Å². The number of hydrogen-bond acceptors (Lipinski definition) is 3. The lowest BCUT2D eigenvalue weighted by molar-refractivity contribution is -0.133. The molecule has 24 heavy (non-hydrogen) atoms. The van der Waals surface area contributed by atoms with Gasteiger partial charge < -0.3 is 10.2 Å². The number of rotatable bonds is 4. The Morgan fingerprint density at radius 1 is 1.12 bits per heavy atom. The number of ketones is 1. The molecule has 7 heteroatoms. The summed E-state index contributed by atoms with van der Waals surface area (Å²) in [7, 11) is 0. The van der Waals surface area contributed by atoms with Gasteiger partial charge in [-0.3, -0.25) is 9.59 Å². The Bertz CT molecular complexity index is 613. The van der Waals surface area contributed by atoms with E-state index in [-0.39, 0.29) is 48.8 Å². The Hall–Kier alpha value is -1.53. The van der Waals surface area contributed by atoms with Gasteiger partial charge in [-0.15, -0.1) is 12.4 Å². The molecule has 0 aliphatic carbocycles. The number of carbonyl (C=O) groups excluding carboxylic acids is 2. The van der Waals surface area contributed by atoms with Crippen molar-refractivity contribution in [1.29, 1.82) is 0 Å². The molecule has 2 saturated heterocycles. The molecule has 0 radical (unpaired) electrons. The van der Waals surface area contributed by atoms with Gasteiger partial charge in [0, 0.05) is 37.5 Å². The van der Waals surface area contributed by atoms with E-state index in [0.29, 0.717) is 6.07 Å². The minimum atomic E-state index is -0.874. The van der Waals surface area contributed by atoms with Crippen molar-refractivity contribution in [2.24, 2.45) is 0 Å². The van der Waals surface area contributed by atoms with E-state index in [1.165, 1.54) is 0 Å². The predicted octanol–water partition coefficient (Wildman–Crippen LogP) is 2.70. The standard InChI is InChI=1S/C17H20F2N2O2.ClH/c18-11-1-4-14(15(19)9-11)16(22)5-6-17(23)21-12-2-3-13(21)10-20-8-7-12;/h1,4,9,12-13,20H,2-3,5-8,10H2;1H. The lowest BCUT2D eigenvalue weighted by Gasteiger charge is -2.27. The molecule has 2 atom stereocenters. The summed E-state index contributed by atoms with van der Waals surface area (Å²) in [6.07, 6.45) is 2.96. The van der Waals surface area contributed by atoms with E-state index in [1.54, 1.807) is 0 Å². The van der Waals surface area contributed by atoms with Crippen molar-refractivity contribution in [3.8, 4) is 0 Å². The van der Waals surface area contributed by atoms with Crippen molar-refractivity contribution in [3.63, 3.8) is 0 Å². The molecule has 0 spiro atoms. The highest BCUT2D eigenvalue weighted by atomic mass is 35.5. The van der Waals surface area contributed by atoms with Gasteiger partial charge >= 0.3 is 0 Å². The highest BCUT2D eigenvalue weighted by Gasteiger charge is 2.37. The average Bonchev–Trinajstić information content (AvgIpc) is 2.77. The molecule has 2 aliphatic heterocycles. The summed E-state index contributed by atoms with van der Waals surface area (Å²) in [4.78, 5) is 26.5. The molecule has 3 rings (SSSR count). The van der Waals surface area contributed by atoms with Crippen LogP contribution < -0.4 is 5.32 Å². The fourth-order valence-electron chi connectivity index (χ4n) is 3.59. The zero-order chi connectivity index (χ0) is 16.4. The van der Waals surface area contributed by atoms with Crippen molar-refractivity contribution in [2.75, 3.05) is 13.1 Å². The fourth-order valence-corrected chi connectivity index (χ4v) is 3.59. The smallest absolute Gasteiger partial charge is 0.223 e. The molecule has 1 amide bonds. The summed E-state index contributed by atoms with van der Waals surface area (Å²) in [6, 6.07) is 3.33. The molecule has 2 aliphatic rings. The van der Waals surface area contributed by atoms with E-state index in [4.69, 9.17) is 0 Å². The Kier molecular flexibility index (Phi) is 6.29. The normalized spacial score (nSPS) is 22.7. The number of hydrogen-bond donors (Lipinski definition) is 1. The summed E-state index contributed by atoms with van der Waals surface area (Å²) in [5.74, 6) is -2.10. The maximum absolute atomic E-state index is 13.6. The predicted molar refractivity (Wildman–Crippen MR) is 88.3 cm³/mol. The molecule has 1 N–H and O–H groups in total. The number of nitrogens with zero attached hydrogens (tertiary/aromatic N) is 1. The second kappa shape index (κ2) is 8.03. The quantitative estimate of drug-likeness (QED) is 0.842. The Labute approximate surface area is 146 Å². The van der Waals surface area contributed by atoms with Crippen LogP contribution in [0.1, 0.15) is 42.5 Å². The van der Waals surface area contributed by atoms with E-state index in [9.17, 15) is 18.4 Å². The Morgan fingerprint density at radius 2 is 1.88 bits per heavy atom. The van der Waals surface area contributed by atoms with Gasteiger partial charge in [-0.25, -0.2) is 8.78 Å². The number of fused-ring (bicyclic) bond motifs is 2. The molecular weight excluding hydrogens is 338 g/mol. The van der Waals surface area contributed by atoms with E-state index in [2.05, 4.69) is 5.32 Å². The molecule has 2 heterocycles. The first-order chi connectivity index (χ1) is 11.1. The zero-order valence-corrected chi connectivity index (χ0v) is 14.1. The molecule has 0 saturated carbocycles. The van der Waals surface area contributed by atoms with E-state index in [0.717, 1.165) is 44.5 Å². The van der Waals surface area contributed by atoms with Crippen molar-refractivity contribution < 1.29 is 18.4 Å². The van der Waals surface area contributed by atoms with Crippen LogP contribution in [0.3, 0.4) is 0 Å². The second-order valence-corrected chi connectivity index (χ2v) is 6.23. The molecule has 1 aromatic carbocycles. The van der Waals surface area contributed by atoms with E-state index >= 15 is 0 Å². The summed E-state index contributed by atoms with van der Waals surface area (Å²) in [6.45, 7) is 1.70. The molecule has 132 valence electrons. The second-order valence-electron chi connectivity index (χ2n) is 6.23. The summed E-state index contributed by atoms with van der Waals surface area (Å²) in [5.41, 5.74) is -0.153. The average molecular weight is 359 g/mol. The Balaban J connectivity index is 0.00000208. The maximum atomic E-state index is 13.6. The SMILES string of the molecule is Cl.O=C(CCC(=O)N1C2CCNCC1CC2)c1ccc(F)cc1F. The molecule has 2 fully saturated rings. The highest BCUT2D eigenvalue weighted by molar-refractivity contribution is 5.98. The fraction of sp³-hybridized carbons (Fsp3) is 0.529. The first-order valence-electron chi connectivity index (χ1n) is 8.06. The number of benzene rings is 1. The van der Waals surface area contributed by atoms with Gasteiger partial charge in [0.15, 0.2) is 5.78 Å². The van der Waals surface area contributed by atoms with Crippen molar-refractivity contribution in [2.45, 2.75) is 44.2 Å². The molecule has 2 bridgehead atoms. The minimum absolute atomic E-state index is 0. The number of nitrogens with one attached hydrogen (secondary N) is 1. The largest absolute Gasteiger partial charge is 0.335 e. The first-order valence-corrected chi connectivity index (χ1v) is 8.06. The third-order valence-electron chi connectivity index (χ3n) is 4.74. The minimum Gasteiger partial charge on any atom is -0.335 e. The van der Waals surface area contributed by atoms with Crippen LogP contribution >= 0.6 is 12.4 Å². The van der Waals surface area contributed by atoms with Gasteiger partial charge in [0.1, 0.15) is 11.6 Å². The van der Waals surface area contributed by atoms with Gasteiger partial charge in [-0.1, -0.05) is 0 Å². The van der Waals surface area contributed by atoms with Gasteiger partial charge in [0.05, 0.1) is 5.56 Å². The third kappa shape index (κ3) is 3.92. The van der Waals surface area contributed by atoms with Crippen LogP contribution in [0.2, 0.25) is 0 Å². The van der Waals surface area contributed by atoms with Gasteiger partial charge in [0.2, 0.25) is 5.91 Å². The Morgan fingerprint density at radius 3 is 2.62 bits per heavy atom. The molecule has 0 aromatic heterocycles. The lowest BCUT2D eigenvalue weighted by atomic mass is 10.0. The number of halogens is 3. The summed E-state index contributed by atoms with van der Waals surface area (Å²) in [5, 5.41) is 3.32. The van der Waals surface area contributed by atoms with Gasteiger partial charge in [0.25, 0.3) is 0 Å². The highest BCUT2D eigenvalue weighted by Crippen LogP contribution is 2.29. The first kappa shape index (κ1) is 18.8. The van der Waals surface area contributed by atoms with Crippen LogP contribution in [0, 0.1) is 11.6 Å². The zero-order valence-electron chi connectivity index (χ0n) is 13.3. The lowest BCUT2D eigenvalue weighted by Crippen LogP contribution is -2.42. The molecule has 2 unspecified atom stereocenters. The van der Waals surface area contributed by atoms with Crippen LogP contribution in [0.5, 0.6) is 0 Å². The number of amides is 1. The monoisotopic (exact) mass is 358 g/mol. The summed E-state index contributed by atoms with van der Waals surface area (Å²) < 4.78 is 26.5. The number of carbonyl (C=O) groups is 2. The van der Waals surface area contributed by atoms with Crippen molar-refractivity contribution in [1.82, 2.24) is 10.2 Å². The maximum Gasteiger partial charge on any atom is 0.223 e. The van der Waals surface area contributed by atoms with Gasteiger partial charge in [-0.05, 0) is 37.9 Å². The topological polar surface area (TPSA) is 49.4 Å². The van der Waals surface area contributed by atoms with Gasteiger partial charge in [-0.2, -0.15) is 0 Å². The van der Waals surface area contributed by atoms with Crippen LogP contribution in [-0.4, -0.2) is 41.8 Å². The van der Waals surface area contributed by atoms with Crippen molar-refractivity contribution >= 4 is 24.1 Å². The van der Waals surface area contributed by atoms with E-state index < -0.39 is 17.4 Å². The van der Waals surface area contributed by atoms with E-state index in [1.807, 2.05) is 4.90 Å². The summed E-state index contributed by atoms with van der Waals surface area (Å²) >= 11 is 0. The number of Topliss-reactive ketones (excluding diaryl/α,β-unsaturated/α-hetero) is 1. The van der Waals surface area contributed by atoms with Crippen LogP contribution in [0.25, 0.3) is 0 Å². The molecule has 4 nitrogen and oxygen atoms in total. The van der Waals surface area contributed by atoms with Crippen LogP contribution in [0.15, 0.2) is 18.2 Å². The van der Waals surface area contributed by atoms with Crippen molar-refractivity contribution in [3.05, 3.63) is 35.4 Å². The molecular formula is C17H21ClF2N2O2. The third-order valence-corrected chi connectivity index (χ3v) is 4.74. The molecule has 1 aromatic rings. The van der Waals surface area contributed by atoms with Crippen LogP contribution in [0.4, 0.5) is 8.78 Å².